The lowest BCUT2D eigenvalue weighted by Crippen LogP contribution is -2.48. The van der Waals surface area contributed by atoms with Gasteiger partial charge in [0.05, 0.1) is 18.3 Å². The molecule has 2 fully saturated rings. The zero-order valence-electron chi connectivity index (χ0n) is 13.4. The molecule has 0 aromatic carbocycles. The third kappa shape index (κ3) is 2.86. The molecule has 3 heteroatoms. The van der Waals surface area contributed by atoms with E-state index in [-0.39, 0.29) is 5.41 Å². The van der Waals surface area contributed by atoms with Gasteiger partial charge < -0.3 is 9.84 Å². The Hall–Kier alpha value is -1.31. The lowest BCUT2D eigenvalue weighted by atomic mass is 9.61. The van der Waals surface area contributed by atoms with Crippen LogP contribution < -0.4 is 0 Å². The third-order valence-corrected chi connectivity index (χ3v) is 5.36. The SMILES string of the molecule is C=C(C)[C@@H]1CC[C@@]2(C)CCC(=C=CC(=O)OCC)[C@@]2(O)C1. The second kappa shape index (κ2) is 5.82. The van der Waals surface area contributed by atoms with Crippen LogP contribution in [-0.4, -0.2) is 23.3 Å². The zero-order chi connectivity index (χ0) is 15.7. The van der Waals surface area contributed by atoms with Crippen LogP contribution in [0.15, 0.2) is 29.5 Å². The molecule has 0 unspecified atom stereocenters. The highest BCUT2D eigenvalue weighted by atomic mass is 16.5. The Bertz CT molecular complexity index is 513. The number of hydrogen-bond donors (Lipinski definition) is 1. The highest BCUT2D eigenvalue weighted by Gasteiger charge is 2.56. The van der Waals surface area contributed by atoms with Crippen molar-refractivity contribution in [2.45, 2.75) is 58.5 Å². The minimum absolute atomic E-state index is 0.107. The first-order valence-electron chi connectivity index (χ1n) is 7.83. The first kappa shape index (κ1) is 16.1. The molecule has 0 aromatic heterocycles. The van der Waals surface area contributed by atoms with Gasteiger partial charge in [0.15, 0.2) is 0 Å². The topological polar surface area (TPSA) is 46.5 Å². The summed E-state index contributed by atoms with van der Waals surface area (Å²) >= 11 is 0. The maximum absolute atomic E-state index is 11.5. The summed E-state index contributed by atoms with van der Waals surface area (Å²) in [6.45, 7) is 10.4. The van der Waals surface area contributed by atoms with Crippen molar-refractivity contribution in [3.63, 3.8) is 0 Å². The predicted molar refractivity (Wildman–Crippen MR) is 82.7 cm³/mol. The van der Waals surface area contributed by atoms with Gasteiger partial charge in [0.25, 0.3) is 0 Å². The van der Waals surface area contributed by atoms with E-state index in [4.69, 9.17) is 4.74 Å². The number of esters is 1. The first-order chi connectivity index (χ1) is 9.82. The molecule has 0 aliphatic heterocycles. The van der Waals surface area contributed by atoms with Gasteiger partial charge in [-0.3, -0.25) is 0 Å². The smallest absolute Gasteiger partial charge is 0.338 e. The minimum Gasteiger partial charge on any atom is -0.462 e. The van der Waals surface area contributed by atoms with Gasteiger partial charge in [-0.2, -0.15) is 0 Å². The third-order valence-electron chi connectivity index (χ3n) is 5.36. The number of fused-ring (bicyclic) bond motifs is 1. The van der Waals surface area contributed by atoms with Crippen molar-refractivity contribution in [2.24, 2.45) is 11.3 Å². The Morgan fingerprint density at radius 3 is 2.90 bits per heavy atom. The van der Waals surface area contributed by atoms with Crippen LogP contribution in [0, 0.1) is 11.3 Å². The van der Waals surface area contributed by atoms with Crippen molar-refractivity contribution in [1.29, 1.82) is 0 Å². The summed E-state index contributed by atoms with van der Waals surface area (Å²) in [6.07, 6.45) is 5.84. The van der Waals surface area contributed by atoms with Gasteiger partial charge in [-0.25, -0.2) is 4.79 Å². The quantitative estimate of drug-likeness (QED) is 0.374. The van der Waals surface area contributed by atoms with Crippen molar-refractivity contribution in [2.75, 3.05) is 6.61 Å². The minimum atomic E-state index is -0.863. The van der Waals surface area contributed by atoms with Crippen molar-refractivity contribution in [3.8, 4) is 0 Å². The van der Waals surface area contributed by atoms with Crippen LogP contribution in [0.5, 0.6) is 0 Å². The average Bonchev–Trinajstić information content (AvgIpc) is 2.67. The van der Waals surface area contributed by atoms with Crippen LogP contribution in [0.25, 0.3) is 0 Å². The van der Waals surface area contributed by atoms with Crippen LogP contribution in [0.1, 0.15) is 52.9 Å². The monoisotopic (exact) mass is 290 g/mol. The lowest BCUT2D eigenvalue weighted by Gasteiger charge is -2.47. The molecule has 3 nitrogen and oxygen atoms in total. The Labute approximate surface area is 127 Å². The second-order valence-electron chi connectivity index (χ2n) is 6.73. The molecule has 0 radical (unpaired) electrons. The fourth-order valence-corrected chi connectivity index (χ4v) is 3.77. The Morgan fingerprint density at radius 1 is 1.57 bits per heavy atom. The molecule has 0 spiro atoms. The molecule has 3 atom stereocenters. The molecular formula is C18H26O3. The van der Waals surface area contributed by atoms with E-state index in [1.165, 1.54) is 6.08 Å². The van der Waals surface area contributed by atoms with E-state index in [9.17, 15) is 9.90 Å². The van der Waals surface area contributed by atoms with Crippen molar-refractivity contribution >= 4 is 5.97 Å². The summed E-state index contributed by atoms with van der Waals surface area (Å²) in [7, 11) is 0. The fourth-order valence-electron chi connectivity index (χ4n) is 3.77. The van der Waals surface area contributed by atoms with Crippen molar-refractivity contribution in [1.82, 2.24) is 0 Å². The zero-order valence-corrected chi connectivity index (χ0v) is 13.4. The highest BCUT2D eigenvalue weighted by Crippen LogP contribution is 2.59. The predicted octanol–water partition coefficient (Wildman–Crippen LogP) is 3.54. The van der Waals surface area contributed by atoms with Gasteiger partial charge in [-0.05, 0) is 51.9 Å². The first-order valence-corrected chi connectivity index (χ1v) is 7.83. The summed E-state index contributed by atoms with van der Waals surface area (Å²) in [5, 5.41) is 11.3. The molecule has 2 aliphatic rings. The molecule has 0 saturated heterocycles. The molecule has 2 saturated carbocycles. The molecule has 0 bridgehead atoms. The number of ether oxygens (including phenoxy) is 1. The van der Waals surface area contributed by atoms with Crippen LogP contribution in [0.3, 0.4) is 0 Å². The summed E-state index contributed by atoms with van der Waals surface area (Å²) in [5.41, 5.74) is 4.04. The largest absolute Gasteiger partial charge is 0.462 e. The average molecular weight is 290 g/mol. The number of aliphatic hydroxyl groups is 1. The molecule has 0 amide bonds. The lowest BCUT2D eigenvalue weighted by molar-refractivity contribution is -0.137. The van der Waals surface area contributed by atoms with Gasteiger partial charge in [-0.1, -0.05) is 19.1 Å². The van der Waals surface area contributed by atoms with Crippen LogP contribution in [0.2, 0.25) is 0 Å². The van der Waals surface area contributed by atoms with E-state index in [1.54, 1.807) is 6.92 Å². The van der Waals surface area contributed by atoms with Crippen LogP contribution in [0.4, 0.5) is 0 Å². The van der Waals surface area contributed by atoms with E-state index in [1.807, 2.05) is 6.92 Å². The molecule has 0 heterocycles. The van der Waals surface area contributed by atoms with Crippen LogP contribution in [-0.2, 0) is 9.53 Å². The number of allylic oxidation sites excluding steroid dienone is 1. The number of rotatable bonds is 3. The van der Waals surface area contributed by atoms with E-state index < -0.39 is 11.6 Å². The van der Waals surface area contributed by atoms with Crippen molar-refractivity contribution < 1.29 is 14.6 Å². The number of hydrogen-bond acceptors (Lipinski definition) is 3. The maximum Gasteiger partial charge on any atom is 0.338 e. The fraction of sp³-hybridized carbons (Fsp3) is 0.667. The standard InChI is InChI=1S/C18H26O3/c1-5-21-16(19)7-6-15-9-11-17(4)10-8-14(13(2)3)12-18(15,17)20/h7,14,20H,2,5,8-12H2,1,3-4H3/t6?,14-,17+,18+/m1/s1. The molecular weight excluding hydrogens is 264 g/mol. The number of carbonyl (C=O) groups excluding carboxylic acids is 1. The molecule has 2 aliphatic carbocycles. The molecule has 116 valence electrons. The van der Waals surface area contributed by atoms with Gasteiger partial charge >= 0.3 is 5.97 Å². The van der Waals surface area contributed by atoms with Gasteiger partial charge in [-0.15, -0.1) is 5.73 Å². The summed E-state index contributed by atoms with van der Waals surface area (Å²) in [5.74, 6) is -0.0463. The van der Waals surface area contributed by atoms with Crippen molar-refractivity contribution in [3.05, 3.63) is 29.5 Å². The normalized spacial score (nSPS) is 34.9. The van der Waals surface area contributed by atoms with E-state index in [0.29, 0.717) is 18.9 Å². The Morgan fingerprint density at radius 2 is 2.29 bits per heavy atom. The van der Waals surface area contributed by atoms with E-state index >= 15 is 0 Å². The summed E-state index contributed by atoms with van der Waals surface area (Å²) in [4.78, 5) is 11.5. The Balaban J connectivity index is 2.31. The van der Waals surface area contributed by atoms with Gasteiger partial charge in [0.1, 0.15) is 0 Å². The highest BCUT2D eigenvalue weighted by molar-refractivity contribution is 5.81. The molecule has 0 aromatic rings. The number of carbonyl (C=O) groups is 1. The van der Waals surface area contributed by atoms with Crippen LogP contribution >= 0.6 is 0 Å². The second-order valence-corrected chi connectivity index (χ2v) is 6.73. The van der Waals surface area contributed by atoms with Gasteiger partial charge in [0, 0.05) is 11.0 Å². The van der Waals surface area contributed by atoms with E-state index in [2.05, 4.69) is 19.2 Å². The van der Waals surface area contributed by atoms with Gasteiger partial charge in [0.2, 0.25) is 0 Å². The summed E-state index contributed by atoms with van der Waals surface area (Å²) < 4.78 is 4.89. The molecule has 21 heavy (non-hydrogen) atoms. The summed E-state index contributed by atoms with van der Waals surface area (Å²) in [6, 6.07) is 0. The molecule has 2 rings (SSSR count). The van der Waals surface area contributed by atoms with E-state index in [0.717, 1.165) is 36.8 Å². The molecule has 1 N–H and O–H groups in total. The Kier molecular flexibility index (Phi) is 4.46. The maximum atomic E-state index is 11.5.